The van der Waals surface area contributed by atoms with Crippen LogP contribution < -0.4 is 16.1 Å². The Morgan fingerprint density at radius 2 is 1.91 bits per heavy atom. The zero-order valence-electron chi connectivity index (χ0n) is 11.6. The lowest BCUT2D eigenvalue weighted by Gasteiger charge is -2.00. The molecule has 4 nitrogen and oxygen atoms in total. The highest BCUT2D eigenvalue weighted by molar-refractivity contribution is 14.1. The number of halogens is 1. The standard InChI is InChI=1S/C17H13IN2O2/c1-11-16(10-12-3-2-4-15(21)9-12)17(22)20(19-11)14-7-5-13(18)6-8-14/h2-10,19,21H,1H2. The summed E-state index contributed by atoms with van der Waals surface area (Å²) in [6.45, 7) is 3.89. The van der Waals surface area contributed by atoms with Gasteiger partial charge in [-0.1, -0.05) is 18.7 Å². The lowest BCUT2D eigenvalue weighted by Crippen LogP contribution is -2.33. The van der Waals surface area contributed by atoms with E-state index >= 15 is 0 Å². The molecule has 0 amide bonds. The molecule has 0 unspecified atom stereocenters. The molecule has 0 aliphatic rings. The van der Waals surface area contributed by atoms with Crippen LogP contribution in [0.15, 0.2) is 53.3 Å². The van der Waals surface area contributed by atoms with E-state index in [1.165, 1.54) is 4.68 Å². The second-order valence-electron chi connectivity index (χ2n) is 4.86. The first-order valence-electron chi connectivity index (χ1n) is 6.61. The van der Waals surface area contributed by atoms with Gasteiger partial charge in [-0.2, -0.15) is 0 Å². The Morgan fingerprint density at radius 1 is 1.18 bits per heavy atom. The average molecular weight is 404 g/mol. The van der Waals surface area contributed by atoms with Crippen LogP contribution in [0.3, 0.4) is 0 Å². The normalized spacial score (nSPS) is 11.8. The lowest BCUT2D eigenvalue weighted by atomic mass is 10.2. The Labute approximate surface area is 140 Å². The van der Waals surface area contributed by atoms with Crippen molar-refractivity contribution in [2.45, 2.75) is 0 Å². The Kier molecular flexibility index (Phi) is 3.89. The van der Waals surface area contributed by atoms with Crippen molar-refractivity contribution in [1.82, 2.24) is 9.78 Å². The molecule has 0 saturated heterocycles. The molecule has 1 aromatic heterocycles. The molecule has 0 aliphatic heterocycles. The highest BCUT2D eigenvalue weighted by Crippen LogP contribution is 2.11. The molecule has 1 heterocycles. The van der Waals surface area contributed by atoms with Gasteiger partial charge in [-0.25, -0.2) is 4.68 Å². The van der Waals surface area contributed by atoms with Crippen LogP contribution in [0.2, 0.25) is 0 Å². The van der Waals surface area contributed by atoms with E-state index < -0.39 is 0 Å². The fraction of sp³-hybridized carbons (Fsp3) is 0. The predicted octanol–water partition coefficient (Wildman–Crippen LogP) is 1.71. The Hall–Kier alpha value is -2.28. The number of rotatable bonds is 2. The van der Waals surface area contributed by atoms with E-state index in [2.05, 4.69) is 34.3 Å². The van der Waals surface area contributed by atoms with Gasteiger partial charge < -0.3 is 5.11 Å². The number of nitrogens with zero attached hydrogens (tertiary/aromatic N) is 1. The molecule has 110 valence electrons. The number of aromatic hydroxyl groups is 1. The summed E-state index contributed by atoms with van der Waals surface area (Å²) in [5.74, 6) is 0.160. The fourth-order valence-corrected chi connectivity index (χ4v) is 2.56. The third-order valence-electron chi connectivity index (χ3n) is 3.27. The largest absolute Gasteiger partial charge is 0.508 e. The average Bonchev–Trinajstić information content (AvgIpc) is 2.76. The summed E-state index contributed by atoms with van der Waals surface area (Å²) in [4.78, 5) is 12.6. The zero-order chi connectivity index (χ0) is 15.7. The van der Waals surface area contributed by atoms with E-state index in [0.717, 1.165) is 14.8 Å². The summed E-state index contributed by atoms with van der Waals surface area (Å²) < 4.78 is 2.56. The Morgan fingerprint density at radius 3 is 2.59 bits per heavy atom. The molecule has 0 saturated carbocycles. The van der Waals surface area contributed by atoms with E-state index in [1.54, 1.807) is 24.3 Å². The van der Waals surface area contributed by atoms with Crippen molar-refractivity contribution in [3.05, 3.63) is 78.6 Å². The molecule has 0 fully saturated rings. The number of hydrogen-bond acceptors (Lipinski definition) is 2. The quantitative estimate of drug-likeness (QED) is 0.640. The number of aromatic amines is 1. The van der Waals surface area contributed by atoms with Gasteiger partial charge in [0.2, 0.25) is 0 Å². The molecule has 3 rings (SSSR count). The molecule has 0 radical (unpaired) electrons. The fourth-order valence-electron chi connectivity index (χ4n) is 2.20. The van der Waals surface area contributed by atoms with Gasteiger partial charge in [0.05, 0.1) is 16.3 Å². The van der Waals surface area contributed by atoms with Crippen LogP contribution in [0.4, 0.5) is 0 Å². The van der Waals surface area contributed by atoms with Crippen LogP contribution in [-0.2, 0) is 0 Å². The topological polar surface area (TPSA) is 58.0 Å². The molecular formula is C17H13IN2O2. The van der Waals surface area contributed by atoms with Crippen LogP contribution in [0.1, 0.15) is 5.56 Å². The first-order chi connectivity index (χ1) is 10.5. The van der Waals surface area contributed by atoms with E-state index in [4.69, 9.17) is 0 Å². The monoisotopic (exact) mass is 404 g/mol. The summed E-state index contributed by atoms with van der Waals surface area (Å²) in [7, 11) is 0. The van der Waals surface area contributed by atoms with E-state index in [0.29, 0.717) is 10.6 Å². The Balaban J connectivity index is 2.17. The minimum absolute atomic E-state index is 0.160. The summed E-state index contributed by atoms with van der Waals surface area (Å²) in [5, 5.41) is 13.5. The SMILES string of the molecule is C=c1[nH]n(-c2ccc(I)cc2)c(=O)c1=Cc1cccc(O)c1. The summed E-state index contributed by atoms with van der Waals surface area (Å²) in [5.41, 5.74) is 1.33. The van der Waals surface area contributed by atoms with E-state index in [9.17, 15) is 9.90 Å². The maximum Gasteiger partial charge on any atom is 0.279 e. The van der Waals surface area contributed by atoms with Gasteiger partial charge in [-0.15, -0.1) is 0 Å². The van der Waals surface area contributed by atoms with E-state index in [1.807, 2.05) is 30.3 Å². The van der Waals surface area contributed by atoms with E-state index in [-0.39, 0.29) is 11.3 Å². The lowest BCUT2D eigenvalue weighted by molar-refractivity contribution is 0.475. The van der Waals surface area contributed by atoms with Gasteiger partial charge in [0.15, 0.2) is 0 Å². The van der Waals surface area contributed by atoms with Gasteiger partial charge in [-0.3, -0.25) is 9.89 Å². The van der Waals surface area contributed by atoms with Gasteiger partial charge in [0.25, 0.3) is 5.56 Å². The number of hydrogen-bond donors (Lipinski definition) is 2. The summed E-state index contributed by atoms with van der Waals surface area (Å²) in [6, 6.07) is 14.4. The van der Waals surface area contributed by atoms with Crippen molar-refractivity contribution >= 4 is 35.2 Å². The second kappa shape index (κ2) is 5.84. The number of benzene rings is 2. The second-order valence-corrected chi connectivity index (χ2v) is 6.11. The van der Waals surface area contributed by atoms with Crippen molar-refractivity contribution in [3.8, 4) is 11.4 Å². The van der Waals surface area contributed by atoms with Crippen molar-refractivity contribution in [3.63, 3.8) is 0 Å². The van der Waals surface area contributed by atoms with Gasteiger partial charge in [0.1, 0.15) is 5.75 Å². The van der Waals surface area contributed by atoms with Gasteiger partial charge in [-0.05, 0) is 70.6 Å². The third-order valence-corrected chi connectivity index (χ3v) is 3.99. The molecule has 3 aromatic rings. The number of phenols is 1. The number of H-pyrrole nitrogens is 1. The van der Waals surface area contributed by atoms with Crippen molar-refractivity contribution < 1.29 is 5.11 Å². The van der Waals surface area contributed by atoms with Crippen LogP contribution in [0, 0.1) is 3.57 Å². The van der Waals surface area contributed by atoms with Crippen LogP contribution >= 0.6 is 22.6 Å². The van der Waals surface area contributed by atoms with Crippen molar-refractivity contribution in [2.75, 3.05) is 0 Å². The molecule has 0 bridgehead atoms. The minimum atomic E-state index is -0.172. The Bertz CT molecular complexity index is 985. The zero-order valence-corrected chi connectivity index (χ0v) is 13.7. The number of aromatic nitrogens is 2. The summed E-state index contributed by atoms with van der Waals surface area (Å²) >= 11 is 2.21. The first-order valence-corrected chi connectivity index (χ1v) is 7.69. The van der Waals surface area contributed by atoms with Crippen LogP contribution in [-0.4, -0.2) is 14.9 Å². The molecule has 2 N–H and O–H groups in total. The molecule has 0 spiro atoms. The maximum atomic E-state index is 12.6. The molecule has 0 aliphatic carbocycles. The number of nitrogens with one attached hydrogen (secondary N) is 1. The van der Waals surface area contributed by atoms with Crippen molar-refractivity contribution in [1.29, 1.82) is 0 Å². The van der Waals surface area contributed by atoms with Gasteiger partial charge in [0, 0.05) is 3.57 Å². The first kappa shape index (κ1) is 14.6. The molecule has 22 heavy (non-hydrogen) atoms. The summed E-state index contributed by atoms with van der Waals surface area (Å²) in [6.07, 6.45) is 1.71. The van der Waals surface area contributed by atoms with Crippen LogP contribution in [0.25, 0.3) is 18.3 Å². The maximum absolute atomic E-state index is 12.6. The smallest absolute Gasteiger partial charge is 0.279 e. The molecule has 2 aromatic carbocycles. The molecule has 0 atom stereocenters. The number of phenolic OH excluding ortho intramolecular Hbond substituents is 1. The molecule has 5 heteroatoms. The highest BCUT2D eigenvalue weighted by Gasteiger charge is 2.04. The third kappa shape index (κ3) is 2.85. The predicted molar refractivity (Wildman–Crippen MR) is 95.6 cm³/mol. The minimum Gasteiger partial charge on any atom is -0.508 e. The molecular weight excluding hydrogens is 391 g/mol. The van der Waals surface area contributed by atoms with Crippen molar-refractivity contribution in [2.24, 2.45) is 0 Å². The van der Waals surface area contributed by atoms with Crippen LogP contribution in [0.5, 0.6) is 5.75 Å². The highest BCUT2D eigenvalue weighted by atomic mass is 127. The van der Waals surface area contributed by atoms with Gasteiger partial charge >= 0.3 is 0 Å².